The van der Waals surface area contributed by atoms with Crippen LogP contribution in [0, 0.1) is 0 Å². The Morgan fingerprint density at radius 1 is 1.42 bits per heavy atom. The lowest BCUT2D eigenvalue weighted by Gasteiger charge is -2.12. The lowest BCUT2D eigenvalue weighted by Crippen LogP contribution is -2.40. The molecule has 1 rings (SSSR count). The fraction of sp³-hybridized carbons (Fsp3) is 0.500. The zero-order valence-corrected chi connectivity index (χ0v) is 12.5. The van der Waals surface area contributed by atoms with Crippen LogP contribution in [0.3, 0.4) is 0 Å². The van der Waals surface area contributed by atoms with E-state index in [1.165, 1.54) is 14.1 Å². The Hall–Kier alpha value is -1.09. The predicted molar refractivity (Wildman–Crippen MR) is 73.4 cm³/mol. The third-order valence-electron chi connectivity index (χ3n) is 2.38. The van der Waals surface area contributed by atoms with Gasteiger partial charge in [-0.15, -0.1) is 0 Å². The SMILES string of the molecule is CN(C)S(=O)(=O)NCCNC(=O)c1cc(Cl)cn1C. The number of aryl methyl sites for hydroxylation is 1. The monoisotopic (exact) mass is 308 g/mol. The van der Waals surface area contributed by atoms with E-state index in [1.54, 1.807) is 23.9 Å². The van der Waals surface area contributed by atoms with Crippen LogP contribution in [-0.2, 0) is 17.3 Å². The van der Waals surface area contributed by atoms with Crippen molar-refractivity contribution in [2.24, 2.45) is 7.05 Å². The number of nitrogens with one attached hydrogen (secondary N) is 2. The summed E-state index contributed by atoms with van der Waals surface area (Å²) in [5.41, 5.74) is 0.417. The highest BCUT2D eigenvalue weighted by molar-refractivity contribution is 7.87. The van der Waals surface area contributed by atoms with Crippen LogP contribution < -0.4 is 10.0 Å². The fourth-order valence-corrected chi connectivity index (χ4v) is 2.19. The highest BCUT2D eigenvalue weighted by Crippen LogP contribution is 2.12. The fourth-order valence-electron chi connectivity index (χ4n) is 1.33. The van der Waals surface area contributed by atoms with Crippen molar-refractivity contribution in [1.82, 2.24) is 18.9 Å². The van der Waals surface area contributed by atoms with Gasteiger partial charge in [0.25, 0.3) is 16.1 Å². The Kier molecular flexibility index (Phi) is 5.36. The molecule has 19 heavy (non-hydrogen) atoms. The van der Waals surface area contributed by atoms with Crippen LogP contribution in [0.25, 0.3) is 0 Å². The third kappa shape index (κ3) is 4.50. The molecule has 0 unspecified atom stereocenters. The molecule has 2 N–H and O–H groups in total. The summed E-state index contributed by atoms with van der Waals surface area (Å²) in [4.78, 5) is 11.8. The normalized spacial score (nSPS) is 11.8. The van der Waals surface area contributed by atoms with Crippen molar-refractivity contribution in [3.05, 3.63) is 23.0 Å². The largest absolute Gasteiger partial charge is 0.349 e. The second-order valence-electron chi connectivity index (χ2n) is 4.09. The topological polar surface area (TPSA) is 83.4 Å². The van der Waals surface area contributed by atoms with E-state index >= 15 is 0 Å². The molecule has 0 radical (unpaired) electrons. The molecule has 9 heteroatoms. The number of rotatable bonds is 6. The first kappa shape index (κ1) is 16.0. The quantitative estimate of drug-likeness (QED) is 0.714. The molecule has 108 valence electrons. The standard InChI is InChI=1S/C10H17ClN4O3S/c1-14(2)19(17,18)13-5-4-12-10(16)9-6-8(11)7-15(9)3/h6-7,13H,4-5H2,1-3H3,(H,12,16). The van der Waals surface area contributed by atoms with Crippen molar-refractivity contribution in [2.75, 3.05) is 27.2 Å². The summed E-state index contributed by atoms with van der Waals surface area (Å²) < 4.78 is 27.8. The van der Waals surface area contributed by atoms with E-state index in [0.717, 1.165) is 4.31 Å². The van der Waals surface area contributed by atoms with Crippen molar-refractivity contribution in [1.29, 1.82) is 0 Å². The molecule has 1 heterocycles. The average Bonchev–Trinajstić information content (AvgIpc) is 2.63. The Morgan fingerprint density at radius 3 is 2.53 bits per heavy atom. The van der Waals surface area contributed by atoms with Crippen LogP contribution in [0.1, 0.15) is 10.5 Å². The van der Waals surface area contributed by atoms with Gasteiger partial charge in [-0.2, -0.15) is 12.7 Å². The van der Waals surface area contributed by atoms with Gasteiger partial charge < -0.3 is 9.88 Å². The molecule has 0 saturated carbocycles. The van der Waals surface area contributed by atoms with Crippen molar-refractivity contribution >= 4 is 27.7 Å². The lowest BCUT2D eigenvalue weighted by atomic mass is 10.4. The molecular weight excluding hydrogens is 292 g/mol. The van der Waals surface area contributed by atoms with E-state index in [2.05, 4.69) is 10.0 Å². The van der Waals surface area contributed by atoms with E-state index in [4.69, 9.17) is 11.6 Å². The van der Waals surface area contributed by atoms with E-state index in [0.29, 0.717) is 10.7 Å². The molecule has 1 aromatic rings. The summed E-state index contributed by atoms with van der Waals surface area (Å²) >= 11 is 5.77. The second-order valence-corrected chi connectivity index (χ2v) is 6.50. The summed E-state index contributed by atoms with van der Waals surface area (Å²) in [6.45, 7) is 0.305. The van der Waals surface area contributed by atoms with Gasteiger partial charge >= 0.3 is 0 Å². The number of hydrogen-bond donors (Lipinski definition) is 2. The number of nitrogens with zero attached hydrogens (tertiary/aromatic N) is 2. The molecule has 0 aliphatic carbocycles. The number of halogens is 1. The van der Waals surface area contributed by atoms with Crippen LogP contribution >= 0.6 is 11.6 Å². The summed E-state index contributed by atoms with van der Waals surface area (Å²) in [6.07, 6.45) is 1.62. The molecule has 0 saturated heterocycles. The minimum absolute atomic E-state index is 0.115. The van der Waals surface area contributed by atoms with Gasteiger partial charge in [0.2, 0.25) is 0 Å². The maximum absolute atomic E-state index is 11.8. The molecule has 0 atom stereocenters. The smallest absolute Gasteiger partial charge is 0.278 e. The van der Waals surface area contributed by atoms with Crippen molar-refractivity contribution in [3.63, 3.8) is 0 Å². The maximum atomic E-state index is 11.8. The van der Waals surface area contributed by atoms with Gasteiger partial charge in [-0.3, -0.25) is 4.79 Å². The molecule has 0 bridgehead atoms. The number of carbonyl (C=O) groups is 1. The minimum Gasteiger partial charge on any atom is -0.349 e. The zero-order chi connectivity index (χ0) is 14.6. The van der Waals surface area contributed by atoms with Gasteiger partial charge in [0.15, 0.2) is 0 Å². The second kappa shape index (κ2) is 6.38. The molecule has 1 amide bonds. The highest BCUT2D eigenvalue weighted by atomic mass is 35.5. The number of carbonyl (C=O) groups excluding carboxylic acids is 1. The molecule has 0 aliphatic rings. The summed E-state index contributed by atoms with van der Waals surface area (Å²) in [5.74, 6) is -0.307. The molecule has 0 spiro atoms. The molecule has 0 aliphatic heterocycles. The number of aromatic nitrogens is 1. The molecule has 0 fully saturated rings. The van der Waals surface area contributed by atoms with Crippen molar-refractivity contribution in [3.8, 4) is 0 Å². The zero-order valence-electron chi connectivity index (χ0n) is 11.0. The first-order valence-corrected chi connectivity index (χ1v) is 7.33. The van der Waals surface area contributed by atoms with Crippen LogP contribution in [-0.4, -0.2) is 50.4 Å². The van der Waals surface area contributed by atoms with E-state index in [1.807, 2.05) is 0 Å². The Labute approximate surface area is 117 Å². The van der Waals surface area contributed by atoms with Crippen LogP contribution in [0.5, 0.6) is 0 Å². The Balaban J connectivity index is 2.43. The first-order valence-electron chi connectivity index (χ1n) is 5.51. The highest BCUT2D eigenvalue weighted by Gasteiger charge is 2.13. The van der Waals surface area contributed by atoms with Crippen molar-refractivity contribution < 1.29 is 13.2 Å². The van der Waals surface area contributed by atoms with Crippen LogP contribution in [0.2, 0.25) is 5.02 Å². The van der Waals surface area contributed by atoms with E-state index in [9.17, 15) is 13.2 Å². The third-order valence-corrected chi connectivity index (χ3v) is 4.12. The van der Waals surface area contributed by atoms with Gasteiger partial charge in [-0.1, -0.05) is 11.6 Å². The van der Waals surface area contributed by atoms with E-state index in [-0.39, 0.29) is 19.0 Å². The van der Waals surface area contributed by atoms with Gasteiger partial charge in [-0.25, -0.2) is 4.72 Å². The Bertz CT molecular complexity index is 553. The lowest BCUT2D eigenvalue weighted by molar-refractivity contribution is 0.0946. The minimum atomic E-state index is -3.46. The summed E-state index contributed by atoms with van der Waals surface area (Å²) in [6, 6.07) is 1.54. The van der Waals surface area contributed by atoms with Gasteiger partial charge in [0, 0.05) is 40.4 Å². The van der Waals surface area contributed by atoms with Gasteiger partial charge in [0.05, 0.1) is 5.02 Å². The average molecular weight is 309 g/mol. The van der Waals surface area contributed by atoms with Crippen LogP contribution in [0.4, 0.5) is 0 Å². The van der Waals surface area contributed by atoms with E-state index < -0.39 is 10.2 Å². The summed E-state index contributed by atoms with van der Waals surface area (Å²) in [5, 5.41) is 3.07. The van der Waals surface area contributed by atoms with Gasteiger partial charge in [0.1, 0.15) is 5.69 Å². The Morgan fingerprint density at radius 2 is 2.05 bits per heavy atom. The van der Waals surface area contributed by atoms with Gasteiger partial charge in [-0.05, 0) is 6.07 Å². The summed E-state index contributed by atoms with van der Waals surface area (Å²) in [7, 11) is 1.09. The molecule has 1 aromatic heterocycles. The molecule has 0 aromatic carbocycles. The first-order chi connectivity index (χ1) is 8.74. The predicted octanol–water partition coefficient (Wildman–Crippen LogP) is -0.196. The number of amides is 1. The van der Waals surface area contributed by atoms with Crippen molar-refractivity contribution in [2.45, 2.75) is 0 Å². The number of hydrogen-bond acceptors (Lipinski definition) is 3. The van der Waals surface area contributed by atoms with Crippen LogP contribution in [0.15, 0.2) is 12.3 Å². The molecular formula is C10H17ClN4O3S. The maximum Gasteiger partial charge on any atom is 0.278 e. The molecule has 7 nitrogen and oxygen atoms in total.